The number of carboxylic acid groups (broad SMARTS) is 1. The van der Waals surface area contributed by atoms with Gasteiger partial charge in [-0.25, -0.2) is 18.2 Å². The Balaban J connectivity index is 1.20. The lowest BCUT2D eigenvalue weighted by molar-refractivity contribution is -0.142. The Labute approximate surface area is 212 Å². The SMILES string of the molecule is O=C(O)C1c2occc2CCN1S(=O)(=O)c1ccc(Oc2ccc(-n3cnc4ccccc43)cc2)cc1. The molecule has 10 heteroatoms. The molecule has 0 spiro atoms. The fourth-order valence-electron chi connectivity index (χ4n) is 4.57. The smallest absolute Gasteiger partial charge is 0.329 e. The van der Waals surface area contributed by atoms with Gasteiger partial charge in [0, 0.05) is 12.2 Å². The van der Waals surface area contributed by atoms with Crippen molar-refractivity contribution in [3.8, 4) is 17.2 Å². The Morgan fingerprint density at radius 3 is 2.41 bits per heavy atom. The number of fused-ring (bicyclic) bond motifs is 2. The number of aliphatic carboxylic acids is 1. The van der Waals surface area contributed by atoms with Crippen LogP contribution in [0.15, 0.2) is 101 Å². The Bertz CT molecular complexity index is 1710. The van der Waals surface area contributed by atoms with Crippen LogP contribution >= 0.6 is 0 Å². The molecule has 5 aromatic rings. The maximum atomic E-state index is 13.3. The largest absolute Gasteiger partial charge is 0.480 e. The summed E-state index contributed by atoms with van der Waals surface area (Å²) in [6, 6.07) is 21.5. The zero-order valence-corrected chi connectivity index (χ0v) is 20.2. The van der Waals surface area contributed by atoms with Crippen molar-refractivity contribution in [1.29, 1.82) is 0 Å². The second-order valence-electron chi connectivity index (χ2n) is 8.59. The second-order valence-corrected chi connectivity index (χ2v) is 10.5. The van der Waals surface area contributed by atoms with E-state index in [0.717, 1.165) is 21.0 Å². The standard InChI is InChI=1S/C27H21N3O6S/c31-27(32)25-26-18(14-16-35-26)13-15-30(25)37(33,34)22-11-9-21(10-12-22)36-20-7-5-19(6-8-20)29-17-28-23-3-1-2-4-24(23)29/h1-12,14,16-17,25H,13,15H2,(H,31,32). The number of sulfonamides is 1. The molecule has 0 bridgehead atoms. The Morgan fingerprint density at radius 2 is 1.68 bits per heavy atom. The van der Waals surface area contributed by atoms with E-state index in [9.17, 15) is 18.3 Å². The minimum absolute atomic E-state index is 0.0246. The van der Waals surface area contributed by atoms with Gasteiger partial charge in [0.25, 0.3) is 0 Å². The number of hydrogen-bond acceptors (Lipinski definition) is 6. The average molecular weight is 516 g/mol. The second kappa shape index (κ2) is 8.91. The summed E-state index contributed by atoms with van der Waals surface area (Å²) in [4.78, 5) is 16.3. The molecule has 0 aliphatic carbocycles. The minimum atomic E-state index is -4.09. The molecule has 9 nitrogen and oxygen atoms in total. The number of nitrogens with zero attached hydrogens (tertiary/aromatic N) is 3. The van der Waals surface area contributed by atoms with Crippen molar-refractivity contribution in [3.05, 3.63) is 103 Å². The molecule has 0 saturated heterocycles. The molecule has 0 radical (unpaired) electrons. The fraction of sp³-hybridized carbons (Fsp3) is 0.111. The minimum Gasteiger partial charge on any atom is -0.480 e. The number of benzene rings is 3. The van der Waals surface area contributed by atoms with E-state index in [2.05, 4.69) is 4.98 Å². The molecule has 2 aromatic heterocycles. The lowest BCUT2D eigenvalue weighted by atomic mass is 10.0. The van der Waals surface area contributed by atoms with E-state index in [0.29, 0.717) is 23.5 Å². The van der Waals surface area contributed by atoms with Gasteiger partial charge in [0.1, 0.15) is 23.6 Å². The van der Waals surface area contributed by atoms with Crippen LogP contribution < -0.4 is 4.74 Å². The van der Waals surface area contributed by atoms with E-state index in [-0.39, 0.29) is 17.2 Å². The van der Waals surface area contributed by atoms with Gasteiger partial charge in [-0.3, -0.25) is 4.57 Å². The van der Waals surface area contributed by atoms with E-state index >= 15 is 0 Å². The van der Waals surface area contributed by atoms with Gasteiger partial charge < -0.3 is 14.3 Å². The lowest BCUT2D eigenvalue weighted by Gasteiger charge is -2.31. The van der Waals surface area contributed by atoms with Gasteiger partial charge in [0.15, 0.2) is 6.04 Å². The first-order chi connectivity index (χ1) is 17.9. The van der Waals surface area contributed by atoms with E-state index in [1.165, 1.54) is 18.4 Å². The molecule has 0 saturated carbocycles. The number of carboxylic acids is 1. The fourth-order valence-corrected chi connectivity index (χ4v) is 6.12. The third kappa shape index (κ3) is 4.05. The topological polar surface area (TPSA) is 115 Å². The van der Waals surface area contributed by atoms with Crippen LogP contribution in [0.1, 0.15) is 17.4 Å². The molecule has 1 N–H and O–H groups in total. The molecule has 1 atom stereocenters. The Hall–Kier alpha value is -4.41. The predicted octanol–water partition coefficient (Wildman–Crippen LogP) is 4.78. The van der Waals surface area contributed by atoms with Crippen LogP contribution in [0, 0.1) is 0 Å². The number of aromatic nitrogens is 2. The Kier molecular flexibility index (Phi) is 5.54. The number of rotatable bonds is 6. The molecule has 186 valence electrons. The van der Waals surface area contributed by atoms with E-state index in [1.807, 2.05) is 53.1 Å². The highest BCUT2D eigenvalue weighted by Crippen LogP contribution is 2.35. The molecule has 0 fully saturated rings. The van der Waals surface area contributed by atoms with E-state index in [4.69, 9.17) is 9.15 Å². The highest BCUT2D eigenvalue weighted by atomic mass is 32.2. The molecule has 0 amide bonds. The van der Waals surface area contributed by atoms with Crippen molar-refractivity contribution in [2.24, 2.45) is 0 Å². The summed E-state index contributed by atoms with van der Waals surface area (Å²) < 4.78 is 40.8. The summed E-state index contributed by atoms with van der Waals surface area (Å²) in [7, 11) is -4.09. The zero-order chi connectivity index (χ0) is 25.6. The first kappa shape index (κ1) is 23.0. The van der Waals surface area contributed by atoms with Gasteiger partial charge in [0.05, 0.1) is 22.2 Å². The maximum Gasteiger partial charge on any atom is 0.329 e. The van der Waals surface area contributed by atoms with Crippen LogP contribution in [0.5, 0.6) is 11.5 Å². The van der Waals surface area contributed by atoms with Gasteiger partial charge in [-0.2, -0.15) is 4.31 Å². The molecule has 3 aromatic carbocycles. The van der Waals surface area contributed by atoms with Crippen LogP contribution in [0.3, 0.4) is 0 Å². The summed E-state index contributed by atoms with van der Waals surface area (Å²) in [6.45, 7) is 0.0443. The number of ether oxygens (including phenoxy) is 1. The van der Waals surface area contributed by atoms with E-state index < -0.39 is 22.0 Å². The Morgan fingerprint density at radius 1 is 0.973 bits per heavy atom. The average Bonchev–Trinajstić information content (AvgIpc) is 3.56. The van der Waals surface area contributed by atoms with Crippen molar-refractivity contribution in [2.75, 3.05) is 6.54 Å². The lowest BCUT2D eigenvalue weighted by Crippen LogP contribution is -2.43. The molecule has 1 aliphatic heterocycles. The van der Waals surface area contributed by atoms with Crippen LogP contribution in [-0.2, 0) is 21.2 Å². The zero-order valence-electron chi connectivity index (χ0n) is 19.4. The summed E-state index contributed by atoms with van der Waals surface area (Å²) in [6.07, 6.45) is 3.53. The number of hydrogen-bond donors (Lipinski definition) is 1. The van der Waals surface area contributed by atoms with Gasteiger partial charge in [-0.15, -0.1) is 0 Å². The highest BCUT2D eigenvalue weighted by Gasteiger charge is 2.42. The van der Waals surface area contributed by atoms with Gasteiger partial charge in [0.2, 0.25) is 10.0 Å². The molecular weight excluding hydrogens is 494 g/mol. The molecular formula is C27H21N3O6S. The van der Waals surface area contributed by atoms with Crippen molar-refractivity contribution in [3.63, 3.8) is 0 Å². The molecule has 3 heterocycles. The predicted molar refractivity (Wildman–Crippen MR) is 134 cm³/mol. The van der Waals surface area contributed by atoms with Gasteiger partial charge >= 0.3 is 5.97 Å². The van der Waals surface area contributed by atoms with Crippen LogP contribution in [0.25, 0.3) is 16.7 Å². The van der Waals surface area contributed by atoms with E-state index in [1.54, 1.807) is 24.5 Å². The number of para-hydroxylation sites is 2. The third-order valence-corrected chi connectivity index (χ3v) is 8.27. The monoisotopic (exact) mass is 515 g/mol. The molecule has 1 aliphatic rings. The quantitative estimate of drug-likeness (QED) is 0.346. The molecule has 1 unspecified atom stereocenters. The highest BCUT2D eigenvalue weighted by molar-refractivity contribution is 7.89. The molecule has 6 rings (SSSR count). The van der Waals surface area contributed by atoms with Crippen LogP contribution in [-0.4, -0.2) is 39.9 Å². The summed E-state index contributed by atoms with van der Waals surface area (Å²) in [5, 5.41) is 9.73. The maximum absolute atomic E-state index is 13.3. The number of carbonyl (C=O) groups is 1. The first-order valence-electron chi connectivity index (χ1n) is 11.5. The van der Waals surface area contributed by atoms with Gasteiger partial charge in [-0.05, 0) is 78.7 Å². The first-order valence-corrected chi connectivity index (χ1v) is 13.0. The van der Waals surface area contributed by atoms with Crippen LogP contribution in [0.2, 0.25) is 0 Å². The number of furan rings is 1. The van der Waals surface area contributed by atoms with Crippen molar-refractivity contribution < 1.29 is 27.5 Å². The van der Waals surface area contributed by atoms with Crippen molar-refractivity contribution in [2.45, 2.75) is 17.4 Å². The van der Waals surface area contributed by atoms with Crippen LogP contribution in [0.4, 0.5) is 0 Å². The van der Waals surface area contributed by atoms with Crippen molar-refractivity contribution >= 4 is 27.0 Å². The third-order valence-electron chi connectivity index (χ3n) is 6.39. The van der Waals surface area contributed by atoms with Crippen molar-refractivity contribution in [1.82, 2.24) is 13.9 Å². The number of imidazole rings is 1. The summed E-state index contributed by atoms with van der Waals surface area (Å²) in [5.41, 5.74) is 3.53. The van der Waals surface area contributed by atoms with Gasteiger partial charge in [-0.1, -0.05) is 12.1 Å². The summed E-state index contributed by atoms with van der Waals surface area (Å²) in [5.74, 6) is -0.112. The molecule has 37 heavy (non-hydrogen) atoms. The summed E-state index contributed by atoms with van der Waals surface area (Å²) >= 11 is 0. The normalized spacial score (nSPS) is 15.9.